The van der Waals surface area contributed by atoms with Crippen molar-refractivity contribution in [3.63, 3.8) is 0 Å². The molecule has 152 valence electrons. The van der Waals surface area contributed by atoms with Crippen LogP contribution in [0.4, 0.5) is 0 Å². The SMILES string of the molecule is Cc1ccc(SC(=C(Cl)Cl)C(=C2NCCN2Cc2ccc(Cl)nc2)[N+](=O)[O-])cc1. The molecule has 29 heavy (non-hydrogen) atoms. The molecule has 1 N–H and O–H groups in total. The van der Waals surface area contributed by atoms with Gasteiger partial charge in [0.05, 0.1) is 4.92 Å². The third kappa shape index (κ3) is 5.57. The van der Waals surface area contributed by atoms with Crippen LogP contribution in [-0.2, 0) is 6.54 Å². The molecule has 0 atom stereocenters. The van der Waals surface area contributed by atoms with Crippen molar-refractivity contribution in [2.45, 2.75) is 18.4 Å². The van der Waals surface area contributed by atoms with Gasteiger partial charge in [-0.1, -0.05) is 70.3 Å². The Bertz CT molecular complexity index is 958. The Labute approximate surface area is 187 Å². The number of rotatable bonds is 6. The van der Waals surface area contributed by atoms with Crippen LogP contribution in [0.5, 0.6) is 0 Å². The van der Waals surface area contributed by atoms with Gasteiger partial charge in [0.2, 0.25) is 0 Å². The average molecular weight is 472 g/mol. The molecule has 1 aromatic carbocycles. The highest BCUT2D eigenvalue weighted by Crippen LogP contribution is 2.39. The summed E-state index contributed by atoms with van der Waals surface area (Å²) in [6.07, 6.45) is 1.65. The summed E-state index contributed by atoms with van der Waals surface area (Å²) in [6.45, 7) is 3.57. The van der Waals surface area contributed by atoms with Gasteiger partial charge in [0, 0.05) is 30.7 Å². The molecule has 3 rings (SSSR count). The number of hydrogen-bond donors (Lipinski definition) is 1. The number of thioether (sulfide) groups is 1. The molecule has 0 amide bonds. The highest BCUT2D eigenvalue weighted by atomic mass is 35.5. The van der Waals surface area contributed by atoms with Gasteiger partial charge in [-0.3, -0.25) is 10.1 Å². The van der Waals surface area contributed by atoms with Crippen LogP contribution in [-0.4, -0.2) is 27.9 Å². The van der Waals surface area contributed by atoms with E-state index >= 15 is 0 Å². The summed E-state index contributed by atoms with van der Waals surface area (Å²) in [5.41, 5.74) is 1.81. The van der Waals surface area contributed by atoms with Crippen molar-refractivity contribution in [3.05, 3.63) is 89.9 Å². The molecular formula is C19H17Cl3N4O2S. The van der Waals surface area contributed by atoms with Gasteiger partial charge in [-0.2, -0.15) is 0 Å². The van der Waals surface area contributed by atoms with Crippen molar-refractivity contribution in [1.29, 1.82) is 0 Å². The van der Waals surface area contributed by atoms with Crippen LogP contribution in [0.25, 0.3) is 0 Å². The summed E-state index contributed by atoms with van der Waals surface area (Å²) in [5, 5.41) is 15.5. The number of aromatic nitrogens is 1. The number of nitrogens with one attached hydrogen (secondary N) is 1. The van der Waals surface area contributed by atoms with E-state index in [4.69, 9.17) is 34.8 Å². The first-order valence-corrected chi connectivity index (χ1v) is 10.6. The minimum atomic E-state index is -0.456. The van der Waals surface area contributed by atoms with Crippen LogP contribution in [0.15, 0.2) is 68.4 Å². The maximum absolute atomic E-state index is 12.0. The molecule has 0 unspecified atom stereocenters. The Balaban J connectivity index is 1.96. The van der Waals surface area contributed by atoms with E-state index < -0.39 is 4.92 Å². The zero-order chi connectivity index (χ0) is 21.0. The molecule has 1 aromatic heterocycles. The third-order valence-corrected chi connectivity index (χ3v) is 6.12. The quantitative estimate of drug-likeness (QED) is 0.266. The molecule has 1 fully saturated rings. The lowest BCUT2D eigenvalue weighted by atomic mass is 10.2. The van der Waals surface area contributed by atoms with Gasteiger partial charge in [-0.05, 0) is 30.7 Å². The van der Waals surface area contributed by atoms with Gasteiger partial charge >= 0.3 is 5.70 Å². The van der Waals surface area contributed by atoms with Crippen molar-refractivity contribution in [3.8, 4) is 0 Å². The van der Waals surface area contributed by atoms with Crippen LogP contribution >= 0.6 is 46.6 Å². The predicted octanol–water partition coefficient (Wildman–Crippen LogP) is 5.33. The van der Waals surface area contributed by atoms with Gasteiger partial charge in [-0.25, -0.2) is 4.98 Å². The van der Waals surface area contributed by atoms with Crippen molar-refractivity contribution in [2.24, 2.45) is 0 Å². The Kier molecular flexibility index (Phi) is 7.29. The van der Waals surface area contributed by atoms with Gasteiger partial charge in [-0.15, -0.1) is 0 Å². The van der Waals surface area contributed by atoms with E-state index in [1.54, 1.807) is 12.3 Å². The molecule has 0 aliphatic carbocycles. The Morgan fingerprint density at radius 1 is 1.28 bits per heavy atom. The lowest BCUT2D eigenvalue weighted by molar-refractivity contribution is -0.422. The zero-order valence-corrected chi connectivity index (χ0v) is 18.4. The van der Waals surface area contributed by atoms with Gasteiger partial charge in [0.1, 0.15) is 14.5 Å². The normalized spacial score (nSPS) is 15.1. The van der Waals surface area contributed by atoms with Crippen LogP contribution in [0, 0.1) is 17.0 Å². The summed E-state index contributed by atoms with van der Waals surface area (Å²) in [7, 11) is 0. The molecule has 0 spiro atoms. The number of aryl methyl sites for hydroxylation is 1. The molecular weight excluding hydrogens is 455 g/mol. The second-order valence-corrected chi connectivity index (χ2v) is 8.72. The number of pyridine rings is 1. The monoisotopic (exact) mass is 470 g/mol. The van der Waals surface area contributed by atoms with Gasteiger partial charge in [0.25, 0.3) is 0 Å². The average Bonchev–Trinajstić information content (AvgIpc) is 3.12. The first kappa shape index (κ1) is 21.8. The van der Waals surface area contributed by atoms with Crippen molar-refractivity contribution in [2.75, 3.05) is 13.1 Å². The van der Waals surface area contributed by atoms with Crippen LogP contribution in [0.2, 0.25) is 5.15 Å². The molecule has 2 heterocycles. The summed E-state index contributed by atoms with van der Waals surface area (Å²) < 4.78 is -0.156. The molecule has 0 radical (unpaired) electrons. The van der Waals surface area contributed by atoms with E-state index in [1.165, 1.54) is 0 Å². The molecule has 1 aliphatic heterocycles. The fraction of sp³-hybridized carbons (Fsp3) is 0.211. The zero-order valence-electron chi connectivity index (χ0n) is 15.4. The van der Waals surface area contributed by atoms with Gasteiger partial charge in [0.15, 0.2) is 5.82 Å². The highest BCUT2D eigenvalue weighted by molar-refractivity contribution is 8.03. The minimum absolute atomic E-state index is 0.156. The van der Waals surface area contributed by atoms with E-state index in [9.17, 15) is 10.1 Å². The fourth-order valence-electron chi connectivity index (χ4n) is 2.82. The number of nitrogens with zero attached hydrogens (tertiary/aromatic N) is 3. The molecule has 0 saturated carbocycles. The second-order valence-electron chi connectivity index (χ2n) is 6.30. The second kappa shape index (κ2) is 9.71. The Hall–Kier alpha value is -1.93. The molecule has 0 bridgehead atoms. The number of benzene rings is 1. The maximum atomic E-state index is 12.0. The first-order valence-electron chi connectivity index (χ1n) is 8.63. The van der Waals surface area contributed by atoms with Crippen LogP contribution in [0.1, 0.15) is 11.1 Å². The predicted molar refractivity (Wildman–Crippen MR) is 117 cm³/mol. The Morgan fingerprint density at radius 3 is 2.59 bits per heavy atom. The molecule has 6 nitrogen and oxygen atoms in total. The van der Waals surface area contributed by atoms with E-state index in [1.807, 2.05) is 42.2 Å². The van der Waals surface area contributed by atoms with E-state index in [0.29, 0.717) is 30.6 Å². The molecule has 10 heteroatoms. The lowest BCUT2D eigenvalue weighted by Gasteiger charge is -2.19. The first-order chi connectivity index (χ1) is 13.8. The van der Waals surface area contributed by atoms with Gasteiger partial charge < -0.3 is 10.2 Å². The van der Waals surface area contributed by atoms with E-state index in [-0.39, 0.29) is 15.1 Å². The molecule has 1 saturated heterocycles. The number of hydrogen-bond acceptors (Lipinski definition) is 6. The standard InChI is InChI=1S/C19H17Cl3N4O2S/c1-12-2-5-14(6-3-12)29-17(18(21)22)16(26(27)28)19-23-8-9-25(19)11-13-4-7-15(20)24-10-13/h2-7,10,23H,8-9,11H2,1H3. The Morgan fingerprint density at radius 2 is 2.00 bits per heavy atom. The summed E-state index contributed by atoms with van der Waals surface area (Å²) in [4.78, 5) is 18.5. The molecule has 2 aromatic rings. The smallest absolute Gasteiger partial charge is 0.325 e. The maximum Gasteiger partial charge on any atom is 0.325 e. The number of halogens is 3. The highest BCUT2D eigenvalue weighted by Gasteiger charge is 2.33. The lowest BCUT2D eigenvalue weighted by Crippen LogP contribution is -2.24. The minimum Gasteiger partial charge on any atom is -0.364 e. The van der Waals surface area contributed by atoms with Crippen LogP contribution in [0.3, 0.4) is 0 Å². The van der Waals surface area contributed by atoms with Crippen molar-refractivity contribution in [1.82, 2.24) is 15.2 Å². The third-order valence-electron chi connectivity index (χ3n) is 4.19. The fourth-order valence-corrected chi connectivity index (χ4v) is 4.20. The number of nitro groups is 1. The topological polar surface area (TPSA) is 71.3 Å². The molecule has 1 aliphatic rings. The summed E-state index contributed by atoms with van der Waals surface area (Å²) >= 11 is 19.2. The summed E-state index contributed by atoms with van der Waals surface area (Å²) in [5.74, 6) is 0.373. The summed E-state index contributed by atoms with van der Waals surface area (Å²) in [6, 6.07) is 11.1. The van der Waals surface area contributed by atoms with Crippen LogP contribution < -0.4 is 5.32 Å². The largest absolute Gasteiger partial charge is 0.364 e. The van der Waals surface area contributed by atoms with E-state index in [2.05, 4.69) is 10.3 Å². The van der Waals surface area contributed by atoms with Crippen molar-refractivity contribution >= 4 is 46.6 Å². The van der Waals surface area contributed by atoms with E-state index in [0.717, 1.165) is 27.8 Å². The van der Waals surface area contributed by atoms with Crippen molar-refractivity contribution < 1.29 is 4.92 Å².